The van der Waals surface area contributed by atoms with Crippen molar-refractivity contribution in [1.29, 1.82) is 0 Å². The fraction of sp³-hybridized carbons (Fsp3) is 0.273. The summed E-state index contributed by atoms with van der Waals surface area (Å²) in [6, 6.07) is 17.9. The molecule has 0 atom stereocenters. The second kappa shape index (κ2) is 9.57. The summed E-state index contributed by atoms with van der Waals surface area (Å²) in [6.07, 6.45) is 4.84. The first-order valence-electron chi connectivity index (χ1n) is 9.21. The van der Waals surface area contributed by atoms with E-state index in [2.05, 4.69) is 16.5 Å². The van der Waals surface area contributed by atoms with Crippen LogP contribution in [0.1, 0.15) is 29.5 Å². The topological polar surface area (TPSA) is 56.1 Å². The third-order valence-corrected chi connectivity index (χ3v) is 4.29. The molecule has 0 saturated carbocycles. The molecule has 2 aromatic carbocycles. The summed E-state index contributed by atoms with van der Waals surface area (Å²) in [7, 11) is 0. The standard InChI is InChI=1S/C22H25N3O2/c1-18-7-4-10-21(15-18)27-14-5-11-22(26)23-16-19-8-2-3-9-20(19)17-25-13-6-12-24-25/h2-4,6-10,12-13,15H,5,11,14,16-17H2,1H3,(H,23,26). The first-order valence-corrected chi connectivity index (χ1v) is 9.21. The van der Waals surface area contributed by atoms with Crippen LogP contribution in [0.4, 0.5) is 0 Å². The van der Waals surface area contributed by atoms with Gasteiger partial charge in [-0.3, -0.25) is 9.48 Å². The fourth-order valence-corrected chi connectivity index (χ4v) is 2.86. The number of ether oxygens (including phenoxy) is 1. The van der Waals surface area contributed by atoms with Crippen molar-refractivity contribution in [2.24, 2.45) is 0 Å². The van der Waals surface area contributed by atoms with Gasteiger partial charge in [0.2, 0.25) is 5.91 Å². The molecule has 1 heterocycles. The minimum absolute atomic E-state index is 0.0386. The third-order valence-electron chi connectivity index (χ3n) is 4.29. The number of carbonyl (C=O) groups excluding carboxylic acids is 1. The number of aromatic nitrogens is 2. The molecule has 1 amide bonds. The Morgan fingerprint density at radius 3 is 2.74 bits per heavy atom. The fourth-order valence-electron chi connectivity index (χ4n) is 2.86. The van der Waals surface area contributed by atoms with Gasteiger partial charge in [-0.1, -0.05) is 36.4 Å². The summed E-state index contributed by atoms with van der Waals surface area (Å²) < 4.78 is 7.57. The van der Waals surface area contributed by atoms with Crippen LogP contribution in [0.25, 0.3) is 0 Å². The zero-order valence-corrected chi connectivity index (χ0v) is 15.6. The molecule has 5 nitrogen and oxygen atoms in total. The molecule has 0 radical (unpaired) electrons. The predicted octanol–water partition coefficient (Wildman–Crippen LogP) is 3.72. The van der Waals surface area contributed by atoms with Gasteiger partial charge in [0.05, 0.1) is 13.2 Å². The summed E-state index contributed by atoms with van der Waals surface area (Å²) in [5.74, 6) is 0.889. The highest BCUT2D eigenvalue weighted by Gasteiger charge is 2.06. The summed E-state index contributed by atoms with van der Waals surface area (Å²) in [5, 5.41) is 7.25. The van der Waals surface area contributed by atoms with Crippen LogP contribution in [0.3, 0.4) is 0 Å². The van der Waals surface area contributed by atoms with Crippen LogP contribution in [0.5, 0.6) is 5.75 Å². The van der Waals surface area contributed by atoms with Gasteiger partial charge >= 0.3 is 0 Å². The molecule has 0 fully saturated rings. The molecule has 1 N–H and O–H groups in total. The summed E-state index contributed by atoms with van der Waals surface area (Å²) >= 11 is 0. The van der Waals surface area contributed by atoms with Crippen molar-refractivity contribution < 1.29 is 9.53 Å². The zero-order chi connectivity index (χ0) is 18.9. The number of benzene rings is 2. The average molecular weight is 363 g/mol. The molecule has 0 saturated heterocycles. The summed E-state index contributed by atoms with van der Waals surface area (Å²) in [5.41, 5.74) is 3.43. The van der Waals surface area contributed by atoms with Gasteiger partial charge in [0.15, 0.2) is 0 Å². The van der Waals surface area contributed by atoms with Crippen molar-refractivity contribution in [2.45, 2.75) is 32.9 Å². The molecule has 0 unspecified atom stereocenters. The van der Waals surface area contributed by atoms with Crippen LogP contribution in [-0.2, 0) is 17.9 Å². The molecule has 0 aliphatic rings. The Bertz CT molecular complexity index is 860. The quantitative estimate of drug-likeness (QED) is 0.590. The summed E-state index contributed by atoms with van der Waals surface area (Å²) in [6.45, 7) is 3.79. The van der Waals surface area contributed by atoms with E-state index in [4.69, 9.17) is 4.74 Å². The van der Waals surface area contributed by atoms with Crippen LogP contribution in [0, 0.1) is 6.92 Å². The van der Waals surface area contributed by atoms with Crippen molar-refractivity contribution in [1.82, 2.24) is 15.1 Å². The molecule has 1 aromatic heterocycles. The van der Waals surface area contributed by atoms with Crippen LogP contribution in [-0.4, -0.2) is 22.3 Å². The first kappa shape index (κ1) is 18.7. The van der Waals surface area contributed by atoms with Gasteiger partial charge in [-0.25, -0.2) is 0 Å². The monoisotopic (exact) mass is 363 g/mol. The van der Waals surface area contributed by atoms with Crippen molar-refractivity contribution >= 4 is 5.91 Å². The molecule has 0 bridgehead atoms. The van der Waals surface area contributed by atoms with E-state index in [0.717, 1.165) is 16.9 Å². The Kier molecular flexibility index (Phi) is 6.63. The number of nitrogens with one attached hydrogen (secondary N) is 1. The largest absolute Gasteiger partial charge is 0.494 e. The Hall–Kier alpha value is -3.08. The Morgan fingerprint density at radius 2 is 1.96 bits per heavy atom. The van der Waals surface area contributed by atoms with E-state index < -0.39 is 0 Å². The summed E-state index contributed by atoms with van der Waals surface area (Å²) in [4.78, 5) is 12.1. The van der Waals surface area contributed by atoms with Crippen molar-refractivity contribution in [2.75, 3.05) is 6.61 Å². The molecule has 3 aromatic rings. The lowest BCUT2D eigenvalue weighted by atomic mass is 10.1. The smallest absolute Gasteiger partial charge is 0.220 e. The lowest BCUT2D eigenvalue weighted by molar-refractivity contribution is -0.121. The minimum Gasteiger partial charge on any atom is -0.494 e. The Balaban J connectivity index is 1.41. The number of aryl methyl sites for hydroxylation is 1. The van der Waals surface area contributed by atoms with Gasteiger partial charge in [-0.2, -0.15) is 5.10 Å². The number of nitrogens with zero attached hydrogens (tertiary/aromatic N) is 2. The van der Waals surface area contributed by atoms with Crippen LogP contribution in [0.15, 0.2) is 67.0 Å². The predicted molar refractivity (Wildman–Crippen MR) is 106 cm³/mol. The van der Waals surface area contributed by atoms with Gasteiger partial charge in [0.1, 0.15) is 5.75 Å². The van der Waals surface area contributed by atoms with E-state index >= 15 is 0 Å². The van der Waals surface area contributed by atoms with Crippen LogP contribution >= 0.6 is 0 Å². The zero-order valence-electron chi connectivity index (χ0n) is 15.6. The number of rotatable bonds is 9. The van der Waals surface area contributed by atoms with Crippen LogP contribution in [0.2, 0.25) is 0 Å². The molecule has 0 aliphatic carbocycles. The maximum atomic E-state index is 12.1. The number of carbonyl (C=O) groups is 1. The van der Waals surface area contributed by atoms with Crippen molar-refractivity contribution in [3.8, 4) is 5.75 Å². The molecule has 5 heteroatoms. The van der Waals surface area contributed by atoms with Gasteiger partial charge in [-0.15, -0.1) is 0 Å². The van der Waals surface area contributed by atoms with Crippen LogP contribution < -0.4 is 10.1 Å². The molecular weight excluding hydrogens is 338 g/mol. The number of hydrogen-bond acceptors (Lipinski definition) is 3. The molecule has 0 aliphatic heterocycles. The molecule has 140 valence electrons. The lowest BCUT2D eigenvalue weighted by Crippen LogP contribution is -2.23. The van der Waals surface area contributed by atoms with Crippen molar-refractivity contribution in [3.63, 3.8) is 0 Å². The number of amides is 1. The van der Waals surface area contributed by atoms with Gasteiger partial charge in [0.25, 0.3) is 0 Å². The van der Waals surface area contributed by atoms with E-state index in [1.165, 1.54) is 5.56 Å². The van der Waals surface area contributed by atoms with E-state index in [1.807, 2.05) is 66.3 Å². The Labute approximate surface area is 160 Å². The Morgan fingerprint density at radius 1 is 1.11 bits per heavy atom. The molecular formula is C22H25N3O2. The highest BCUT2D eigenvalue weighted by molar-refractivity contribution is 5.75. The highest BCUT2D eigenvalue weighted by Crippen LogP contribution is 2.13. The maximum Gasteiger partial charge on any atom is 0.220 e. The average Bonchev–Trinajstić information content (AvgIpc) is 3.18. The van der Waals surface area contributed by atoms with Crippen molar-refractivity contribution in [3.05, 3.63) is 83.7 Å². The van der Waals surface area contributed by atoms with Gasteiger partial charge in [-0.05, 0) is 48.2 Å². The lowest BCUT2D eigenvalue weighted by Gasteiger charge is -2.11. The SMILES string of the molecule is Cc1cccc(OCCCC(=O)NCc2ccccc2Cn2cccn2)c1. The normalized spacial score (nSPS) is 10.6. The second-order valence-electron chi connectivity index (χ2n) is 6.52. The number of hydrogen-bond donors (Lipinski definition) is 1. The maximum absolute atomic E-state index is 12.1. The molecule has 3 rings (SSSR count). The highest BCUT2D eigenvalue weighted by atomic mass is 16.5. The van der Waals surface area contributed by atoms with E-state index in [1.54, 1.807) is 6.20 Å². The molecule has 0 spiro atoms. The van der Waals surface area contributed by atoms with E-state index in [-0.39, 0.29) is 5.91 Å². The first-order chi connectivity index (χ1) is 13.2. The van der Waals surface area contributed by atoms with E-state index in [0.29, 0.717) is 32.5 Å². The van der Waals surface area contributed by atoms with Gasteiger partial charge < -0.3 is 10.1 Å². The third kappa shape index (κ3) is 5.99. The minimum atomic E-state index is 0.0386. The second-order valence-corrected chi connectivity index (χ2v) is 6.52. The molecule has 27 heavy (non-hydrogen) atoms. The van der Waals surface area contributed by atoms with Gasteiger partial charge in [0, 0.05) is 25.4 Å². The van der Waals surface area contributed by atoms with E-state index in [9.17, 15) is 4.79 Å².